The molecule has 7 rings (SSSR count). The lowest BCUT2D eigenvalue weighted by Crippen LogP contribution is -2.60. The van der Waals surface area contributed by atoms with Crippen LogP contribution in [0, 0.1) is 17.8 Å². The molecule has 2 saturated heterocycles. The van der Waals surface area contributed by atoms with Crippen LogP contribution in [-0.2, 0) is 0 Å². The van der Waals surface area contributed by atoms with Crippen molar-refractivity contribution in [3.63, 3.8) is 0 Å². The Kier molecular flexibility index (Phi) is 5.87. The smallest absolute Gasteiger partial charge is 0.319 e. The average molecular weight is 502 g/mol. The number of nitrogens with one attached hydrogen (secondary N) is 2. The van der Waals surface area contributed by atoms with Crippen LogP contribution < -0.4 is 11.2 Å². The molecule has 3 aromatic rings. The number of nitrogens with zero attached hydrogens (tertiary/aromatic N) is 3. The maximum absolute atomic E-state index is 12.2. The fourth-order valence-electron chi connectivity index (χ4n) is 8.73. The number of H-pyrrole nitrogens is 2. The van der Waals surface area contributed by atoms with E-state index < -0.39 is 11.2 Å². The molecule has 7 heteroatoms. The summed E-state index contributed by atoms with van der Waals surface area (Å²) in [5.74, 6) is 3.24. The molecule has 1 unspecified atom stereocenters. The first-order valence-electron chi connectivity index (χ1n) is 14.6. The second-order valence-electron chi connectivity index (χ2n) is 12.5. The van der Waals surface area contributed by atoms with Crippen LogP contribution in [0.1, 0.15) is 83.6 Å². The SMILES string of the molecule is C[C@@H]1CC[C@H]2C[C@@H](n3c(-c4cc(=O)[nH]c(=O)[nH]4)nc4ccccc43)C[C@@H]1N2C1C[C@H]2CCCC[C@@H](C1)C2. The van der Waals surface area contributed by atoms with Gasteiger partial charge in [-0.25, -0.2) is 9.78 Å². The van der Waals surface area contributed by atoms with Crippen LogP contribution in [0.4, 0.5) is 0 Å². The molecule has 196 valence electrons. The lowest BCUT2D eigenvalue weighted by molar-refractivity contribution is -0.0637. The summed E-state index contributed by atoms with van der Waals surface area (Å²) in [7, 11) is 0. The van der Waals surface area contributed by atoms with E-state index in [9.17, 15) is 9.59 Å². The van der Waals surface area contributed by atoms with Crippen LogP contribution in [0.3, 0.4) is 0 Å². The fourth-order valence-corrected chi connectivity index (χ4v) is 8.73. The molecule has 2 saturated carbocycles. The molecule has 0 amide bonds. The third-order valence-corrected chi connectivity index (χ3v) is 10.2. The second-order valence-corrected chi connectivity index (χ2v) is 12.5. The maximum Gasteiger partial charge on any atom is 0.326 e. The van der Waals surface area contributed by atoms with Gasteiger partial charge in [-0.3, -0.25) is 14.7 Å². The lowest BCUT2D eigenvalue weighted by Gasteiger charge is -2.56. The molecule has 4 aliphatic rings. The first kappa shape index (κ1) is 23.4. The van der Waals surface area contributed by atoms with Gasteiger partial charge in [0.05, 0.1) is 16.7 Å². The summed E-state index contributed by atoms with van der Waals surface area (Å²) >= 11 is 0. The predicted molar refractivity (Wildman–Crippen MR) is 146 cm³/mol. The van der Waals surface area contributed by atoms with Crippen LogP contribution in [-0.4, -0.2) is 42.5 Å². The highest BCUT2D eigenvalue weighted by Crippen LogP contribution is 2.49. The van der Waals surface area contributed by atoms with Gasteiger partial charge in [0.15, 0.2) is 5.82 Å². The van der Waals surface area contributed by atoms with Crippen molar-refractivity contribution in [2.45, 2.75) is 102 Å². The largest absolute Gasteiger partial charge is 0.326 e. The van der Waals surface area contributed by atoms with Crippen molar-refractivity contribution in [3.05, 3.63) is 51.2 Å². The van der Waals surface area contributed by atoms with Gasteiger partial charge < -0.3 is 9.55 Å². The molecule has 2 aliphatic heterocycles. The van der Waals surface area contributed by atoms with Gasteiger partial charge in [0.1, 0.15) is 0 Å². The first-order chi connectivity index (χ1) is 18.0. The minimum absolute atomic E-state index is 0.296. The maximum atomic E-state index is 12.2. The number of para-hydroxylation sites is 2. The van der Waals surface area contributed by atoms with Crippen LogP contribution in [0.25, 0.3) is 22.6 Å². The number of imidazole rings is 1. The molecular formula is C30H39N5O2. The Morgan fingerprint density at radius 2 is 1.62 bits per heavy atom. The van der Waals surface area contributed by atoms with E-state index in [0.29, 0.717) is 35.6 Å². The molecule has 2 aromatic heterocycles. The number of hydrogen-bond acceptors (Lipinski definition) is 4. The van der Waals surface area contributed by atoms with Gasteiger partial charge in [-0.2, -0.15) is 0 Å². The van der Waals surface area contributed by atoms with Gasteiger partial charge in [0, 0.05) is 30.2 Å². The molecule has 7 atom stereocenters. The van der Waals surface area contributed by atoms with Crippen LogP contribution in [0.5, 0.6) is 0 Å². The van der Waals surface area contributed by atoms with Crippen LogP contribution in [0.15, 0.2) is 39.9 Å². The highest BCUT2D eigenvalue weighted by Gasteiger charge is 2.47. The number of fused-ring (bicyclic) bond motifs is 5. The quantitative estimate of drug-likeness (QED) is 0.514. The minimum Gasteiger partial charge on any atom is -0.319 e. The van der Waals surface area contributed by atoms with Gasteiger partial charge in [-0.05, 0) is 74.8 Å². The molecular weight excluding hydrogens is 462 g/mol. The van der Waals surface area contributed by atoms with Crippen molar-refractivity contribution >= 4 is 11.0 Å². The molecule has 2 aliphatic carbocycles. The second kappa shape index (κ2) is 9.26. The number of aromatic nitrogens is 4. The fraction of sp³-hybridized carbons (Fsp3) is 0.633. The van der Waals surface area contributed by atoms with E-state index >= 15 is 0 Å². The van der Waals surface area contributed by atoms with Gasteiger partial charge in [-0.1, -0.05) is 44.7 Å². The lowest BCUT2D eigenvalue weighted by atomic mass is 9.71. The Labute approximate surface area is 217 Å². The Morgan fingerprint density at radius 1 is 0.838 bits per heavy atom. The summed E-state index contributed by atoms with van der Waals surface area (Å²) < 4.78 is 2.34. The van der Waals surface area contributed by atoms with Gasteiger partial charge in [-0.15, -0.1) is 0 Å². The summed E-state index contributed by atoms with van der Waals surface area (Å²) in [6, 6.07) is 11.9. The normalized spacial score (nSPS) is 34.4. The van der Waals surface area contributed by atoms with Crippen molar-refractivity contribution in [1.29, 1.82) is 0 Å². The number of aromatic amines is 2. The highest BCUT2D eigenvalue weighted by atomic mass is 16.2. The summed E-state index contributed by atoms with van der Waals surface area (Å²) in [6.45, 7) is 2.47. The van der Waals surface area contributed by atoms with Crippen molar-refractivity contribution in [1.82, 2.24) is 24.4 Å². The summed E-state index contributed by atoms with van der Waals surface area (Å²) in [5, 5.41) is 0. The van der Waals surface area contributed by atoms with E-state index in [1.807, 2.05) is 12.1 Å². The van der Waals surface area contributed by atoms with Gasteiger partial charge in [0.2, 0.25) is 0 Å². The zero-order chi connectivity index (χ0) is 25.1. The van der Waals surface area contributed by atoms with E-state index in [1.165, 1.54) is 63.9 Å². The van der Waals surface area contributed by atoms with E-state index in [0.717, 1.165) is 41.8 Å². The van der Waals surface area contributed by atoms with E-state index in [-0.39, 0.29) is 0 Å². The molecule has 4 heterocycles. The summed E-state index contributed by atoms with van der Waals surface area (Å²) in [5.41, 5.74) is 1.63. The third kappa shape index (κ3) is 4.19. The average Bonchev–Trinajstić information content (AvgIpc) is 3.19. The number of benzene rings is 1. The summed E-state index contributed by atoms with van der Waals surface area (Å²) in [4.78, 5) is 37.4. The van der Waals surface area contributed by atoms with E-state index in [2.05, 4.69) is 38.5 Å². The summed E-state index contributed by atoms with van der Waals surface area (Å²) in [6.07, 6.45) is 14.8. The molecule has 7 nitrogen and oxygen atoms in total. The predicted octanol–water partition coefficient (Wildman–Crippen LogP) is 5.24. The Morgan fingerprint density at radius 3 is 2.41 bits per heavy atom. The molecule has 0 spiro atoms. The number of piperidine rings is 2. The van der Waals surface area contributed by atoms with Crippen molar-refractivity contribution in [2.24, 2.45) is 17.8 Å². The van der Waals surface area contributed by atoms with Gasteiger partial charge in [0.25, 0.3) is 5.56 Å². The Balaban J connectivity index is 1.27. The topological polar surface area (TPSA) is 86.8 Å². The van der Waals surface area contributed by atoms with E-state index in [1.54, 1.807) is 0 Å². The molecule has 4 fully saturated rings. The van der Waals surface area contributed by atoms with Crippen LogP contribution >= 0.6 is 0 Å². The third-order valence-electron chi connectivity index (χ3n) is 10.2. The molecule has 0 radical (unpaired) electrons. The molecule has 37 heavy (non-hydrogen) atoms. The standard InChI is InChI=1S/C30H39N5O2/c1-18-10-11-21-15-23(16-27(18)34(21)22-13-19-6-2-3-7-20(12-19)14-22)35-26-9-5-4-8-24(26)31-29(35)25-17-28(36)33-30(37)32-25/h4-5,8-9,17-23,27H,2-3,6-7,10-16H2,1H3,(H2,32,33,36,37)/t18-,19-,20+,21+,22?,23-,27+/m1/s1. The Bertz CT molecular complexity index is 1360. The van der Waals surface area contributed by atoms with Crippen molar-refractivity contribution in [3.8, 4) is 11.5 Å². The Hall–Kier alpha value is -2.67. The minimum atomic E-state index is -0.486. The molecule has 4 bridgehead atoms. The monoisotopic (exact) mass is 501 g/mol. The molecule has 2 N–H and O–H groups in total. The van der Waals surface area contributed by atoms with Gasteiger partial charge >= 0.3 is 5.69 Å². The van der Waals surface area contributed by atoms with Crippen molar-refractivity contribution in [2.75, 3.05) is 0 Å². The zero-order valence-electron chi connectivity index (χ0n) is 21.9. The number of rotatable bonds is 3. The number of hydrogen-bond donors (Lipinski definition) is 2. The van der Waals surface area contributed by atoms with Crippen molar-refractivity contribution < 1.29 is 0 Å². The first-order valence-corrected chi connectivity index (χ1v) is 14.6. The highest BCUT2D eigenvalue weighted by molar-refractivity contribution is 5.80. The van der Waals surface area contributed by atoms with E-state index in [4.69, 9.17) is 4.98 Å². The zero-order valence-corrected chi connectivity index (χ0v) is 21.9. The molecule has 1 aromatic carbocycles. The van der Waals surface area contributed by atoms with Crippen LogP contribution in [0.2, 0.25) is 0 Å².